The van der Waals surface area contributed by atoms with Gasteiger partial charge < -0.3 is 5.73 Å². The fourth-order valence-electron chi connectivity index (χ4n) is 1.82. The number of hydrogen-bond acceptors (Lipinski definition) is 3. The maximum absolute atomic E-state index is 12.7. The summed E-state index contributed by atoms with van der Waals surface area (Å²) in [7, 11) is 1.70. The number of rotatable bonds is 3. The van der Waals surface area contributed by atoms with Crippen molar-refractivity contribution < 1.29 is 13.2 Å². The number of alkyl halides is 3. The summed E-state index contributed by atoms with van der Waals surface area (Å²) in [6, 6.07) is 2.83. The Bertz CT molecular complexity index is 609. The van der Waals surface area contributed by atoms with Crippen molar-refractivity contribution in [3.8, 4) is 0 Å². The maximum atomic E-state index is 12.7. The fraction of sp³-hybridized carbons (Fsp3) is 0.333. The Morgan fingerprint density at radius 2 is 2.10 bits per heavy atom. The Hall–Kier alpha value is -1.41. The summed E-state index contributed by atoms with van der Waals surface area (Å²) in [5, 5.41) is 3.90. The van der Waals surface area contributed by atoms with Crippen molar-refractivity contribution in [1.29, 1.82) is 0 Å². The molecule has 1 atom stereocenters. The molecule has 2 N–H and O–H groups in total. The smallest absolute Gasteiger partial charge is 0.324 e. The van der Waals surface area contributed by atoms with Gasteiger partial charge in [-0.25, -0.2) is 4.98 Å². The zero-order valence-corrected chi connectivity index (χ0v) is 12.1. The molecule has 108 valence electrons. The van der Waals surface area contributed by atoms with Gasteiger partial charge in [-0.05, 0) is 23.8 Å². The van der Waals surface area contributed by atoms with Gasteiger partial charge in [0.2, 0.25) is 0 Å². The molecule has 4 nitrogen and oxygen atoms in total. The molecule has 1 unspecified atom stereocenters. The van der Waals surface area contributed by atoms with Gasteiger partial charge in [0.05, 0.1) is 5.56 Å². The first-order valence-corrected chi connectivity index (χ1v) is 6.53. The summed E-state index contributed by atoms with van der Waals surface area (Å²) in [5.41, 5.74) is 5.66. The van der Waals surface area contributed by atoms with Crippen molar-refractivity contribution in [2.24, 2.45) is 12.8 Å². The first-order chi connectivity index (χ1) is 9.29. The minimum Gasteiger partial charge on any atom is -0.324 e. The summed E-state index contributed by atoms with van der Waals surface area (Å²) < 4.78 is 40.3. The number of nitrogens with zero attached hydrogens (tertiary/aromatic N) is 3. The Balaban J connectivity index is 2.29. The van der Waals surface area contributed by atoms with Crippen LogP contribution in [0.25, 0.3) is 0 Å². The molecule has 0 radical (unpaired) electrons. The molecule has 0 aliphatic carbocycles. The van der Waals surface area contributed by atoms with Crippen LogP contribution < -0.4 is 5.73 Å². The van der Waals surface area contributed by atoms with E-state index >= 15 is 0 Å². The van der Waals surface area contributed by atoms with Crippen LogP contribution in [-0.2, 0) is 19.6 Å². The number of aromatic nitrogens is 3. The second kappa shape index (κ2) is 5.53. The van der Waals surface area contributed by atoms with Crippen LogP contribution in [0.3, 0.4) is 0 Å². The summed E-state index contributed by atoms with van der Waals surface area (Å²) in [5.74, 6) is 0.613. The minimum atomic E-state index is -4.39. The van der Waals surface area contributed by atoms with Crippen molar-refractivity contribution in [2.45, 2.75) is 18.6 Å². The van der Waals surface area contributed by atoms with E-state index in [1.54, 1.807) is 11.7 Å². The lowest BCUT2D eigenvalue weighted by atomic mass is 10.0. The summed E-state index contributed by atoms with van der Waals surface area (Å²) in [4.78, 5) is 4.02. The topological polar surface area (TPSA) is 56.7 Å². The molecule has 0 amide bonds. The molecule has 2 rings (SSSR count). The molecule has 2 aromatic rings. The highest BCUT2D eigenvalue weighted by Crippen LogP contribution is 2.34. The zero-order valence-electron chi connectivity index (χ0n) is 10.5. The molecule has 0 aliphatic rings. The van der Waals surface area contributed by atoms with Crippen LogP contribution in [0.15, 0.2) is 29.0 Å². The molecule has 0 bridgehead atoms. The van der Waals surface area contributed by atoms with E-state index < -0.39 is 17.8 Å². The van der Waals surface area contributed by atoms with Crippen molar-refractivity contribution in [2.75, 3.05) is 0 Å². The average molecular weight is 349 g/mol. The van der Waals surface area contributed by atoms with Gasteiger partial charge in [0.25, 0.3) is 0 Å². The fourth-order valence-corrected chi connectivity index (χ4v) is 2.36. The van der Waals surface area contributed by atoms with Crippen molar-refractivity contribution >= 4 is 15.9 Å². The molecule has 8 heteroatoms. The lowest BCUT2D eigenvalue weighted by Gasteiger charge is -2.16. The largest absolute Gasteiger partial charge is 0.416 e. The second-order valence-corrected chi connectivity index (χ2v) is 5.20. The molecular formula is C12H12BrF3N4. The number of aryl methyl sites for hydroxylation is 1. The van der Waals surface area contributed by atoms with E-state index in [1.807, 2.05) is 0 Å². The molecule has 1 aromatic carbocycles. The SMILES string of the molecule is Cn1ncnc1CC(N)c1cc(C(F)(F)F)ccc1Br. The lowest BCUT2D eigenvalue weighted by Crippen LogP contribution is -2.18. The predicted octanol–water partition coefficient (Wildman–Crippen LogP) is 2.84. The highest BCUT2D eigenvalue weighted by molar-refractivity contribution is 9.10. The lowest BCUT2D eigenvalue weighted by molar-refractivity contribution is -0.137. The summed E-state index contributed by atoms with van der Waals surface area (Å²) >= 11 is 3.23. The van der Waals surface area contributed by atoms with E-state index in [4.69, 9.17) is 5.73 Å². The van der Waals surface area contributed by atoms with Crippen LogP contribution in [0, 0.1) is 0 Å². The first kappa shape index (κ1) is 15.0. The molecule has 1 aromatic heterocycles. The van der Waals surface area contributed by atoms with Gasteiger partial charge in [-0.3, -0.25) is 4.68 Å². The zero-order chi connectivity index (χ0) is 14.9. The Kier molecular flexibility index (Phi) is 4.14. The third kappa shape index (κ3) is 3.18. The third-order valence-corrected chi connectivity index (χ3v) is 3.65. The van der Waals surface area contributed by atoms with Gasteiger partial charge in [0.15, 0.2) is 0 Å². The normalized spacial score (nSPS) is 13.5. The number of benzene rings is 1. The van der Waals surface area contributed by atoms with E-state index in [2.05, 4.69) is 26.0 Å². The Labute approximate surface area is 121 Å². The molecule has 0 aliphatic heterocycles. The van der Waals surface area contributed by atoms with Gasteiger partial charge >= 0.3 is 6.18 Å². The molecule has 0 saturated carbocycles. The van der Waals surface area contributed by atoms with Crippen molar-refractivity contribution in [1.82, 2.24) is 14.8 Å². The average Bonchev–Trinajstić information content (AvgIpc) is 2.74. The first-order valence-electron chi connectivity index (χ1n) is 5.74. The molecule has 1 heterocycles. The molecule has 0 fully saturated rings. The van der Waals surface area contributed by atoms with Gasteiger partial charge in [0, 0.05) is 24.0 Å². The standard InChI is InChI=1S/C12H12BrF3N4/c1-20-11(18-6-19-20)5-10(17)8-4-7(12(14,15)16)2-3-9(8)13/h2-4,6,10H,5,17H2,1H3. The van der Waals surface area contributed by atoms with E-state index in [9.17, 15) is 13.2 Å². The van der Waals surface area contributed by atoms with Crippen LogP contribution in [0.2, 0.25) is 0 Å². The van der Waals surface area contributed by atoms with Crippen LogP contribution in [0.4, 0.5) is 13.2 Å². The highest BCUT2D eigenvalue weighted by atomic mass is 79.9. The monoisotopic (exact) mass is 348 g/mol. The van der Waals surface area contributed by atoms with Crippen molar-refractivity contribution in [3.63, 3.8) is 0 Å². The molecule has 20 heavy (non-hydrogen) atoms. The second-order valence-electron chi connectivity index (χ2n) is 4.34. The molecule has 0 saturated heterocycles. The molecule has 0 spiro atoms. The van der Waals surface area contributed by atoms with Gasteiger partial charge in [-0.1, -0.05) is 15.9 Å². The number of hydrogen-bond donors (Lipinski definition) is 1. The molecular weight excluding hydrogens is 337 g/mol. The van der Waals surface area contributed by atoms with E-state index in [0.29, 0.717) is 22.3 Å². The summed E-state index contributed by atoms with van der Waals surface area (Å²) in [6.07, 6.45) is -2.71. The predicted molar refractivity (Wildman–Crippen MR) is 70.8 cm³/mol. The van der Waals surface area contributed by atoms with Crippen molar-refractivity contribution in [3.05, 3.63) is 46.0 Å². The maximum Gasteiger partial charge on any atom is 0.416 e. The Morgan fingerprint density at radius 3 is 2.65 bits per heavy atom. The van der Waals surface area contributed by atoms with Crippen LogP contribution in [0.1, 0.15) is 23.0 Å². The Morgan fingerprint density at radius 1 is 1.40 bits per heavy atom. The van der Waals surface area contributed by atoms with Gasteiger partial charge in [-0.15, -0.1) is 0 Å². The summed E-state index contributed by atoms with van der Waals surface area (Å²) in [6.45, 7) is 0. The van der Waals surface area contributed by atoms with Crippen LogP contribution >= 0.6 is 15.9 Å². The quantitative estimate of drug-likeness (QED) is 0.927. The number of halogens is 4. The van der Waals surface area contributed by atoms with Gasteiger partial charge in [0.1, 0.15) is 12.2 Å². The van der Waals surface area contributed by atoms with Crippen LogP contribution in [-0.4, -0.2) is 14.8 Å². The van der Waals surface area contributed by atoms with E-state index in [0.717, 1.165) is 12.1 Å². The van der Waals surface area contributed by atoms with E-state index in [-0.39, 0.29) is 0 Å². The highest BCUT2D eigenvalue weighted by Gasteiger charge is 2.31. The number of nitrogens with two attached hydrogens (primary N) is 1. The van der Waals surface area contributed by atoms with Crippen LogP contribution in [0.5, 0.6) is 0 Å². The third-order valence-electron chi connectivity index (χ3n) is 2.93. The van der Waals surface area contributed by atoms with E-state index in [1.165, 1.54) is 12.4 Å². The minimum absolute atomic E-state index is 0.302. The van der Waals surface area contributed by atoms with Gasteiger partial charge in [-0.2, -0.15) is 18.3 Å².